The lowest BCUT2D eigenvalue weighted by Crippen LogP contribution is -2.16. The van der Waals surface area contributed by atoms with Gasteiger partial charge in [0.05, 0.1) is 5.75 Å². The third-order valence-corrected chi connectivity index (χ3v) is 3.29. The molecule has 1 N–H and O–H groups in total. The number of nitrogens with zero attached hydrogens (tertiary/aromatic N) is 2. The van der Waals surface area contributed by atoms with Crippen LogP contribution in [-0.4, -0.2) is 18.4 Å². The SMILES string of the molecule is O=S(=O)(Cc1ccc(F)cc1)Nc1ncccn1. The van der Waals surface area contributed by atoms with E-state index in [0.717, 1.165) is 0 Å². The molecular formula is C11H10FN3O2S. The Morgan fingerprint density at radius 2 is 1.72 bits per heavy atom. The molecule has 0 unspecified atom stereocenters. The minimum atomic E-state index is -3.60. The standard InChI is InChI=1S/C11H10FN3O2S/c12-10-4-2-9(3-5-10)8-18(16,17)15-11-13-6-1-7-14-11/h1-7H,8H2,(H,13,14,15). The third kappa shape index (κ3) is 3.49. The Labute approximate surface area is 104 Å². The van der Waals surface area contributed by atoms with Crippen LogP contribution in [0.15, 0.2) is 42.7 Å². The maximum absolute atomic E-state index is 12.7. The van der Waals surface area contributed by atoms with E-state index < -0.39 is 15.8 Å². The second kappa shape index (κ2) is 5.09. The topological polar surface area (TPSA) is 72.0 Å². The molecule has 0 atom stereocenters. The average Bonchev–Trinajstić information content (AvgIpc) is 2.32. The van der Waals surface area contributed by atoms with Crippen molar-refractivity contribution in [1.82, 2.24) is 9.97 Å². The number of benzene rings is 1. The van der Waals surface area contributed by atoms with Gasteiger partial charge in [-0.1, -0.05) is 12.1 Å². The van der Waals surface area contributed by atoms with Crippen LogP contribution in [0, 0.1) is 5.82 Å². The van der Waals surface area contributed by atoms with Crippen LogP contribution in [0.5, 0.6) is 0 Å². The Kier molecular flexibility index (Phi) is 3.52. The summed E-state index contributed by atoms with van der Waals surface area (Å²) in [5, 5.41) is 0. The lowest BCUT2D eigenvalue weighted by Gasteiger charge is -2.06. The van der Waals surface area contributed by atoms with Crippen LogP contribution in [0.1, 0.15) is 5.56 Å². The average molecular weight is 267 g/mol. The van der Waals surface area contributed by atoms with E-state index in [2.05, 4.69) is 14.7 Å². The van der Waals surface area contributed by atoms with Crippen LogP contribution in [0.3, 0.4) is 0 Å². The minimum Gasteiger partial charge on any atom is -0.251 e. The van der Waals surface area contributed by atoms with Gasteiger partial charge in [-0.3, -0.25) is 4.72 Å². The molecular weight excluding hydrogens is 257 g/mol. The van der Waals surface area contributed by atoms with Crippen molar-refractivity contribution in [3.63, 3.8) is 0 Å². The van der Waals surface area contributed by atoms with Gasteiger partial charge in [0.2, 0.25) is 16.0 Å². The number of rotatable bonds is 4. The van der Waals surface area contributed by atoms with Gasteiger partial charge in [-0.25, -0.2) is 22.8 Å². The Balaban J connectivity index is 2.10. The highest BCUT2D eigenvalue weighted by molar-refractivity contribution is 7.91. The van der Waals surface area contributed by atoms with Crippen molar-refractivity contribution in [2.45, 2.75) is 5.75 Å². The molecule has 18 heavy (non-hydrogen) atoms. The normalized spacial score (nSPS) is 11.2. The zero-order valence-corrected chi connectivity index (χ0v) is 10.1. The number of hydrogen-bond donors (Lipinski definition) is 1. The molecule has 0 fully saturated rings. The fourth-order valence-corrected chi connectivity index (χ4v) is 2.41. The smallest absolute Gasteiger partial charge is 0.239 e. The van der Waals surface area contributed by atoms with E-state index in [1.165, 1.54) is 36.7 Å². The quantitative estimate of drug-likeness (QED) is 0.912. The van der Waals surface area contributed by atoms with Crippen molar-refractivity contribution in [1.29, 1.82) is 0 Å². The summed E-state index contributed by atoms with van der Waals surface area (Å²) in [6.07, 6.45) is 2.87. The first-order chi connectivity index (χ1) is 8.55. The number of halogens is 1. The molecule has 0 radical (unpaired) electrons. The molecule has 0 spiro atoms. The Morgan fingerprint density at radius 1 is 1.11 bits per heavy atom. The molecule has 2 aromatic rings. The fraction of sp³-hybridized carbons (Fsp3) is 0.0909. The van der Waals surface area contributed by atoms with Crippen LogP contribution in [0.2, 0.25) is 0 Å². The molecule has 0 saturated carbocycles. The fourth-order valence-electron chi connectivity index (χ4n) is 1.33. The Bertz CT molecular complexity index is 614. The zero-order chi connectivity index (χ0) is 13.0. The first-order valence-corrected chi connectivity index (χ1v) is 6.72. The number of hydrogen-bond acceptors (Lipinski definition) is 4. The summed E-state index contributed by atoms with van der Waals surface area (Å²) in [7, 11) is -3.60. The predicted octanol–water partition coefficient (Wildman–Crippen LogP) is 1.56. The lowest BCUT2D eigenvalue weighted by atomic mass is 10.2. The minimum absolute atomic E-state index is 0.0135. The molecule has 0 bridgehead atoms. The Hall–Kier alpha value is -2.02. The molecule has 5 nitrogen and oxygen atoms in total. The summed E-state index contributed by atoms with van der Waals surface area (Å²) in [6, 6.07) is 6.84. The molecule has 2 rings (SSSR count). The van der Waals surface area contributed by atoms with Gasteiger partial charge in [0.25, 0.3) is 0 Å². The van der Waals surface area contributed by atoms with Crippen LogP contribution < -0.4 is 4.72 Å². The second-order valence-corrected chi connectivity index (χ2v) is 5.28. The molecule has 94 valence electrons. The number of nitrogens with one attached hydrogen (secondary N) is 1. The van der Waals surface area contributed by atoms with E-state index in [1.807, 2.05) is 0 Å². The highest BCUT2D eigenvalue weighted by atomic mass is 32.2. The van der Waals surface area contributed by atoms with Crippen LogP contribution in [0.4, 0.5) is 10.3 Å². The first kappa shape index (κ1) is 12.4. The zero-order valence-electron chi connectivity index (χ0n) is 9.25. The molecule has 0 amide bonds. The van der Waals surface area contributed by atoms with Gasteiger partial charge in [0.15, 0.2) is 0 Å². The van der Waals surface area contributed by atoms with E-state index in [4.69, 9.17) is 0 Å². The van der Waals surface area contributed by atoms with E-state index >= 15 is 0 Å². The summed E-state index contributed by atoms with van der Waals surface area (Å²) < 4.78 is 38.5. The van der Waals surface area contributed by atoms with Gasteiger partial charge in [-0.15, -0.1) is 0 Å². The van der Waals surface area contributed by atoms with Gasteiger partial charge in [0, 0.05) is 12.4 Å². The van der Waals surface area contributed by atoms with Crippen molar-refractivity contribution in [3.05, 3.63) is 54.1 Å². The molecule has 0 aliphatic rings. The maximum atomic E-state index is 12.7. The van der Waals surface area contributed by atoms with Crippen LogP contribution in [0.25, 0.3) is 0 Å². The summed E-state index contributed by atoms with van der Waals surface area (Å²) in [4.78, 5) is 7.52. The molecule has 1 heterocycles. The summed E-state index contributed by atoms with van der Waals surface area (Å²) in [5.41, 5.74) is 0.486. The molecule has 1 aromatic carbocycles. The monoisotopic (exact) mass is 267 g/mol. The molecule has 0 aliphatic carbocycles. The van der Waals surface area contributed by atoms with Crippen molar-refractivity contribution < 1.29 is 12.8 Å². The van der Waals surface area contributed by atoms with Gasteiger partial charge in [-0.2, -0.15) is 0 Å². The second-order valence-electron chi connectivity index (χ2n) is 3.56. The summed E-state index contributed by atoms with van der Waals surface area (Å²) in [5.74, 6) is -0.652. The Morgan fingerprint density at radius 3 is 2.33 bits per heavy atom. The predicted molar refractivity (Wildman–Crippen MR) is 64.7 cm³/mol. The lowest BCUT2D eigenvalue weighted by molar-refractivity contribution is 0.599. The van der Waals surface area contributed by atoms with Crippen molar-refractivity contribution in [3.8, 4) is 0 Å². The molecule has 7 heteroatoms. The number of anilines is 1. The largest absolute Gasteiger partial charge is 0.251 e. The maximum Gasteiger partial charge on any atom is 0.239 e. The van der Waals surface area contributed by atoms with E-state index in [-0.39, 0.29) is 11.7 Å². The first-order valence-electron chi connectivity index (χ1n) is 5.07. The highest BCUT2D eigenvalue weighted by Gasteiger charge is 2.12. The highest BCUT2D eigenvalue weighted by Crippen LogP contribution is 2.09. The summed E-state index contributed by atoms with van der Waals surface area (Å²) >= 11 is 0. The van der Waals surface area contributed by atoms with Gasteiger partial charge in [-0.05, 0) is 23.8 Å². The van der Waals surface area contributed by atoms with E-state index in [0.29, 0.717) is 5.56 Å². The van der Waals surface area contributed by atoms with Gasteiger partial charge < -0.3 is 0 Å². The number of aromatic nitrogens is 2. The van der Waals surface area contributed by atoms with Crippen molar-refractivity contribution in [2.24, 2.45) is 0 Å². The van der Waals surface area contributed by atoms with Crippen molar-refractivity contribution in [2.75, 3.05) is 4.72 Å². The molecule has 1 aromatic heterocycles. The summed E-state index contributed by atoms with van der Waals surface area (Å²) in [6.45, 7) is 0. The van der Waals surface area contributed by atoms with E-state index in [1.54, 1.807) is 6.07 Å². The van der Waals surface area contributed by atoms with Crippen molar-refractivity contribution >= 4 is 16.0 Å². The van der Waals surface area contributed by atoms with Gasteiger partial charge >= 0.3 is 0 Å². The van der Waals surface area contributed by atoms with Crippen LogP contribution in [-0.2, 0) is 15.8 Å². The van der Waals surface area contributed by atoms with Crippen LogP contribution >= 0.6 is 0 Å². The van der Waals surface area contributed by atoms with Gasteiger partial charge in [0.1, 0.15) is 5.82 Å². The molecule has 0 aliphatic heterocycles. The number of sulfonamides is 1. The molecule has 0 saturated heterocycles. The third-order valence-electron chi connectivity index (χ3n) is 2.08. The van der Waals surface area contributed by atoms with E-state index in [9.17, 15) is 12.8 Å².